The second-order valence-corrected chi connectivity index (χ2v) is 24.0. The zero-order valence-corrected chi connectivity index (χ0v) is 41.6. The number of carbonyl (C=O) groups is 5. The number of fused-ring (bicyclic) bond motifs is 2. The molecule has 0 radical (unpaired) electrons. The lowest BCUT2D eigenvalue weighted by Crippen LogP contribution is -2.34. The largest absolute Gasteiger partial charge is 0.324 e. The third kappa shape index (κ3) is 12.5. The molecule has 0 saturated carbocycles. The van der Waals surface area contributed by atoms with E-state index in [1.165, 1.54) is 0 Å². The van der Waals surface area contributed by atoms with Gasteiger partial charge in [-0.25, -0.2) is 14.8 Å². The van der Waals surface area contributed by atoms with E-state index in [1.54, 1.807) is 0 Å². The van der Waals surface area contributed by atoms with Crippen LogP contribution in [0.15, 0.2) is 148 Å². The predicted octanol–water partition coefficient (Wildman–Crippen LogP) is 0.843. The molecule has 2 aromatic rings. The van der Waals surface area contributed by atoms with Gasteiger partial charge in [-0.2, -0.15) is 50.5 Å². The van der Waals surface area contributed by atoms with Crippen LogP contribution in [0.25, 0.3) is 0 Å². The van der Waals surface area contributed by atoms with Crippen molar-refractivity contribution >= 4 is 113 Å². The second-order valence-electron chi connectivity index (χ2n) is 15.3. The Balaban J connectivity index is 1.33. The molecule has 0 heterocycles. The van der Waals surface area contributed by atoms with Crippen LogP contribution in [0.3, 0.4) is 0 Å². The highest BCUT2D eigenvalue weighted by molar-refractivity contribution is 7.90. The van der Waals surface area contributed by atoms with Crippen LogP contribution in [0.2, 0.25) is 0 Å². The molecule has 0 aliphatic heterocycles. The van der Waals surface area contributed by atoms with Gasteiger partial charge in [0.2, 0.25) is 11.8 Å². The molecular weight excluding hydrogens is 1110 g/mol. The van der Waals surface area contributed by atoms with Gasteiger partial charge < -0.3 is 21.3 Å². The van der Waals surface area contributed by atoms with Crippen LogP contribution in [0.4, 0.5) is 16.2 Å². The molecule has 0 fully saturated rings. The molecule has 0 spiro atoms. The maximum atomic E-state index is 13.7. The predicted molar refractivity (Wildman–Crippen MR) is 255 cm³/mol. The van der Waals surface area contributed by atoms with E-state index >= 15 is 0 Å². The number of allylic oxidation sites excluding steroid dienone is 8. The van der Waals surface area contributed by atoms with Crippen molar-refractivity contribution in [3.8, 4) is 0 Å². The second kappa shape index (κ2) is 19.9. The van der Waals surface area contributed by atoms with E-state index in [4.69, 9.17) is 0 Å². The molecule has 0 bridgehead atoms. The zero-order valence-electron chi connectivity index (χ0n) is 36.7. The molecule has 6 rings (SSSR count). The Morgan fingerprint density at radius 1 is 0.473 bits per heavy atom. The Hall–Kier alpha value is -7.29. The minimum Gasteiger partial charge on any atom is -0.324 e. The smallest absolute Gasteiger partial charge is 0.323 e. The van der Waals surface area contributed by atoms with E-state index in [1.807, 2.05) is 0 Å². The van der Waals surface area contributed by atoms with Crippen molar-refractivity contribution in [2.75, 3.05) is 10.6 Å². The van der Waals surface area contributed by atoms with Crippen LogP contribution in [0, 0.1) is 0 Å². The number of benzene rings is 2. The van der Waals surface area contributed by atoms with Gasteiger partial charge in [-0.1, -0.05) is 12.2 Å². The van der Waals surface area contributed by atoms with Crippen LogP contribution in [-0.2, 0) is 70.3 Å². The normalized spacial score (nSPS) is 19.4. The van der Waals surface area contributed by atoms with Crippen LogP contribution < -0.4 is 21.3 Å². The van der Waals surface area contributed by atoms with E-state index in [0.717, 1.165) is 50.3 Å². The summed E-state index contributed by atoms with van der Waals surface area (Å²) in [7, 11) is -31.9. The molecule has 35 heteroatoms. The van der Waals surface area contributed by atoms with Crippen LogP contribution in [0.5, 0.6) is 0 Å². The molecule has 6 amide bonds. The fourth-order valence-electron chi connectivity index (χ4n) is 7.14. The molecule has 2 atom stereocenters. The molecule has 4 aliphatic carbocycles. The number of urea groups is 1. The maximum absolute atomic E-state index is 13.7. The molecule has 2 aromatic carbocycles. The molecule has 4 aliphatic rings. The monoisotopic (exact) mass is 1140 g/mol. The minimum absolute atomic E-state index is 0.422. The number of hydrogen-bond donors (Lipinski definition) is 10. The van der Waals surface area contributed by atoms with Crippen molar-refractivity contribution in [1.82, 2.24) is 10.6 Å². The molecule has 392 valence electrons. The van der Waals surface area contributed by atoms with Crippen molar-refractivity contribution in [1.29, 1.82) is 0 Å². The van der Waals surface area contributed by atoms with E-state index in [9.17, 15) is 102 Å². The first kappa shape index (κ1) is 56.0. The summed E-state index contributed by atoms with van der Waals surface area (Å²) in [5.41, 5.74) is -7.46. The van der Waals surface area contributed by atoms with Crippen molar-refractivity contribution in [2.45, 2.75) is 34.1 Å². The number of nitrogens with one attached hydrogen (secondary N) is 4. The summed E-state index contributed by atoms with van der Waals surface area (Å²) in [5.74, 6) is -4.85. The van der Waals surface area contributed by atoms with E-state index in [0.29, 0.717) is 48.6 Å². The fraction of sp³-hybridized carbons (Fsp3) is 0.103. The van der Waals surface area contributed by atoms with Gasteiger partial charge in [0.05, 0.1) is 43.8 Å². The summed E-state index contributed by atoms with van der Waals surface area (Å²) in [6.45, 7) is 1.95. The quantitative estimate of drug-likeness (QED) is 0.132. The minimum atomic E-state index is -5.48. The van der Waals surface area contributed by atoms with Gasteiger partial charge in [0.1, 0.15) is 20.3 Å². The topological polar surface area (TPSA) is 484 Å². The molecule has 74 heavy (non-hydrogen) atoms. The molecule has 10 N–H and O–H groups in total. The SMILES string of the molecule is CC(=O)NC1=CC=C2C(=CC(S(=O)(=O)O)=CC2S(=O)(=O)O)C1=NC(=O)c1ccc(NC(=O)Nc2ccc(C(=O)N=C3C(NC(C)=O)=CC=C4C3=CC(S(=O)(=O)O)=CC4S(=O)(=O)O)c(S(=O)(=O)O)c2)cc1S(=O)(=O)O. The summed E-state index contributed by atoms with van der Waals surface area (Å²) < 4.78 is 208. The van der Waals surface area contributed by atoms with E-state index in [2.05, 4.69) is 31.3 Å². The van der Waals surface area contributed by atoms with Gasteiger partial charge in [-0.05, 0) is 84.0 Å². The highest BCUT2D eigenvalue weighted by Gasteiger charge is 2.40. The number of carbonyl (C=O) groups excluding carboxylic acids is 5. The number of anilines is 2. The van der Waals surface area contributed by atoms with Gasteiger partial charge in [0.25, 0.3) is 72.5 Å². The van der Waals surface area contributed by atoms with Crippen molar-refractivity contribution in [3.05, 3.63) is 140 Å². The Morgan fingerprint density at radius 3 is 1.09 bits per heavy atom. The third-order valence-corrected chi connectivity index (χ3v) is 15.7. The van der Waals surface area contributed by atoms with Crippen molar-refractivity contribution < 1.29 is 102 Å². The fourth-order valence-corrected chi connectivity index (χ4v) is 11.6. The van der Waals surface area contributed by atoms with Crippen LogP contribution >= 0.6 is 0 Å². The highest BCUT2D eigenvalue weighted by atomic mass is 32.2. The molecule has 0 aromatic heterocycles. The maximum Gasteiger partial charge on any atom is 0.323 e. The number of amides is 6. The zero-order chi connectivity index (χ0) is 55.4. The number of rotatable bonds is 12. The van der Waals surface area contributed by atoms with Crippen LogP contribution in [-0.4, -0.2) is 129 Å². The van der Waals surface area contributed by atoms with Gasteiger partial charge in [-0.3, -0.25) is 46.5 Å². The Bertz CT molecular complexity index is 3750. The standard InChI is InChI=1S/C39H32N6O23S6/c1-17(46)40-29-9-7-23-27(13-21(69(51,52)53)15-33(23)73(63,64)65)35(29)44-37(48)25-5-3-19(11-31(25)71(57,58)59)42-39(50)43-20-4-6-26(32(12-20)72(60,61)62)38(49)45-36-28-14-22(70(54,55)56)16-34(74(66,67)68)24(28)8-10-30(36)41-18(2)47/h3-16,33-34H,1-2H3,(H,40,46)(H,41,47)(H2,42,43,50)(H,51,52,53)(H,54,55,56)(H,57,58,59)(H,60,61,62)(H,63,64,65)(H,66,67,68). The summed E-state index contributed by atoms with van der Waals surface area (Å²) in [5, 5.41) is 4.25. The molecule has 0 saturated heterocycles. The third-order valence-electron chi connectivity index (χ3n) is 10.1. The van der Waals surface area contributed by atoms with Crippen molar-refractivity contribution in [2.24, 2.45) is 9.98 Å². The molecule has 2 unspecified atom stereocenters. The first-order valence-electron chi connectivity index (χ1n) is 19.6. The summed E-state index contributed by atoms with van der Waals surface area (Å²) in [6.07, 6.45) is 6.07. The number of aliphatic imine (C=N–C) groups is 2. The Kier molecular flexibility index (Phi) is 15.0. The van der Waals surface area contributed by atoms with Gasteiger partial charge >= 0.3 is 6.03 Å². The van der Waals surface area contributed by atoms with Crippen molar-refractivity contribution in [3.63, 3.8) is 0 Å². The van der Waals surface area contributed by atoms with E-state index < -0.39 is 188 Å². The van der Waals surface area contributed by atoms with Gasteiger partial charge in [0, 0.05) is 36.4 Å². The Morgan fingerprint density at radius 2 is 0.811 bits per heavy atom. The summed E-state index contributed by atoms with van der Waals surface area (Å²) >= 11 is 0. The van der Waals surface area contributed by atoms with Gasteiger partial charge in [0.15, 0.2) is 0 Å². The Labute approximate surface area is 417 Å². The number of hydrogen-bond acceptors (Lipinski definition) is 17. The lowest BCUT2D eigenvalue weighted by Gasteiger charge is -2.27. The average molecular weight is 1150 g/mol. The molecular formula is C39H32N6O23S6. The lowest BCUT2D eigenvalue weighted by molar-refractivity contribution is -0.119. The first-order valence-corrected chi connectivity index (χ1v) is 28.3. The molecule has 29 nitrogen and oxygen atoms in total. The van der Waals surface area contributed by atoms with E-state index in [-0.39, 0.29) is 0 Å². The number of nitrogens with zero attached hydrogens (tertiary/aromatic N) is 2. The first-order chi connectivity index (χ1) is 33.8. The van der Waals surface area contributed by atoms with Gasteiger partial charge in [-0.15, -0.1) is 0 Å². The average Bonchev–Trinajstić information content (AvgIpc) is 3.24. The highest BCUT2D eigenvalue weighted by Crippen LogP contribution is 2.37. The summed E-state index contributed by atoms with van der Waals surface area (Å²) in [6, 6.07) is 2.69. The summed E-state index contributed by atoms with van der Waals surface area (Å²) in [4.78, 5) is 67.6. The van der Waals surface area contributed by atoms with Crippen LogP contribution in [0.1, 0.15) is 34.6 Å². The lowest BCUT2D eigenvalue weighted by atomic mass is 9.88.